The van der Waals surface area contributed by atoms with Crippen LogP contribution in [0.2, 0.25) is 0 Å². The number of methoxy groups -OCH3 is 1. The van der Waals surface area contributed by atoms with Crippen molar-refractivity contribution in [1.29, 1.82) is 0 Å². The molecular weight excluding hydrogens is 202 g/mol. The topological polar surface area (TPSA) is 27.7 Å². The summed E-state index contributed by atoms with van der Waals surface area (Å²) in [6.45, 7) is 10.9. The maximum atomic E-state index is 5.25. The number of likely N-dealkylation sites (N-methyl/N-ethyl adjacent to an activating group) is 2. The van der Waals surface area contributed by atoms with E-state index in [1.807, 2.05) is 0 Å². The molecule has 0 aromatic carbocycles. The fourth-order valence-corrected chi connectivity index (χ4v) is 2.40. The van der Waals surface area contributed by atoms with Crippen LogP contribution in [0.1, 0.15) is 13.8 Å². The van der Waals surface area contributed by atoms with Crippen molar-refractivity contribution >= 4 is 0 Å². The van der Waals surface area contributed by atoms with Gasteiger partial charge in [-0.2, -0.15) is 0 Å². The molecule has 16 heavy (non-hydrogen) atoms. The van der Waals surface area contributed by atoms with E-state index in [2.05, 4.69) is 36.0 Å². The lowest BCUT2D eigenvalue weighted by atomic mass is 10.1. The van der Waals surface area contributed by atoms with E-state index in [1.54, 1.807) is 7.11 Å². The van der Waals surface area contributed by atoms with Gasteiger partial charge in [-0.3, -0.25) is 4.90 Å². The maximum Gasteiger partial charge on any atom is 0.0628 e. The van der Waals surface area contributed by atoms with Gasteiger partial charge in [0.05, 0.1) is 6.61 Å². The Kier molecular flexibility index (Phi) is 6.28. The molecule has 1 aliphatic heterocycles. The van der Waals surface area contributed by atoms with Crippen LogP contribution < -0.4 is 5.32 Å². The zero-order valence-electron chi connectivity index (χ0n) is 11.2. The lowest BCUT2D eigenvalue weighted by molar-refractivity contribution is 0.0727. The van der Waals surface area contributed by atoms with Gasteiger partial charge < -0.3 is 15.0 Å². The Labute approximate surface area is 99.9 Å². The summed E-state index contributed by atoms with van der Waals surface area (Å²) in [5.74, 6) is 0. The number of hydrogen-bond acceptors (Lipinski definition) is 4. The van der Waals surface area contributed by atoms with Gasteiger partial charge in [-0.1, -0.05) is 6.92 Å². The number of nitrogens with zero attached hydrogens (tertiary/aromatic N) is 2. The van der Waals surface area contributed by atoms with Crippen LogP contribution in [0.4, 0.5) is 0 Å². The van der Waals surface area contributed by atoms with E-state index in [-0.39, 0.29) is 0 Å². The number of piperazine rings is 1. The highest BCUT2D eigenvalue weighted by atomic mass is 16.5. The molecule has 2 atom stereocenters. The standard InChI is InChI=1S/C12H27N3O/c1-5-13-12(10-16-4)9-15-7-6-14(3)8-11(15)2/h11-13H,5-10H2,1-4H3. The predicted octanol–water partition coefficient (Wildman–Crippen LogP) is 0.247. The van der Waals surface area contributed by atoms with E-state index in [9.17, 15) is 0 Å². The van der Waals surface area contributed by atoms with Gasteiger partial charge >= 0.3 is 0 Å². The van der Waals surface area contributed by atoms with Crippen molar-refractivity contribution in [3.05, 3.63) is 0 Å². The second-order valence-corrected chi connectivity index (χ2v) is 4.82. The summed E-state index contributed by atoms with van der Waals surface area (Å²) in [5.41, 5.74) is 0. The summed E-state index contributed by atoms with van der Waals surface area (Å²) in [6, 6.07) is 1.11. The van der Waals surface area contributed by atoms with Crippen molar-refractivity contribution in [3.8, 4) is 0 Å². The Bertz CT molecular complexity index is 183. The zero-order chi connectivity index (χ0) is 12.0. The average molecular weight is 229 g/mol. The first-order valence-corrected chi connectivity index (χ1v) is 6.32. The quantitative estimate of drug-likeness (QED) is 0.706. The van der Waals surface area contributed by atoms with Gasteiger partial charge in [0.2, 0.25) is 0 Å². The number of rotatable bonds is 6. The van der Waals surface area contributed by atoms with E-state index in [0.717, 1.165) is 19.7 Å². The van der Waals surface area contributed by atoms with Gasteiger partial charge in [0.1, 0.15) is 0 Å². The second kappa shape index (κ2) is 7.22. The van der Waals surface area contributed by atoms with Gasteiger partial charge in [0, 0.05) is 45.4 Å². The Morgan fingerprint density at radius 2 is 2.19 bits per heavy atom. The highest BCUT2D eigenvalue weighted by Crippen LogP contribution is 2.08. The van der Waals surface area contributed by atoms with E-state index < -0.39 is 0 Å². The fourth-order valence-electron chi connectivity index (χ4n) is 2.40. The Hall–Kier alpha value is -0.160. The molecule has 1 saturated heterocycles. The molecule has 4 nitrogen and oxygen atoms in total. The van der Waals surface area contributed by atoms with Crippen LogP contribution >= 0.6 is 0 Å². The monoisotopic (exact) mass is 229 g/mol. The molecular formula is C12H27N3O. The van der Waals surface area contributed by atoms with E-state index >= 15 is 0 Å². The average Bonchev–Trinajstić information content (AvgIpc) is 2.23. The molecule has 2 unspecified atom stereocenters. The van der Waals surface area contributed by atoms with Gasteiger partial charge in [0.15, 0.2) is 0 Å². The van der Waals surface area contributed by atoms with Crippen LogP contribution in [-0.2, 0) is 4.74 Å². The molecule has 0 aliphatic carbocycles. The molecule has 0 aromatic heterocycles. The third-order valence-corrected chi connectivity index (χ3v) is 3.28. The van der Waals surface area contributed by atoms with Gasteiger partial charge in [0.25, 0.3) is 0 Å². The van der Waals surface area contributed by atoms with E-state index in [0.29, 0.717) is 12.1 Å². The SMILES string of the molecule is CCNC(COC)CN1CCN(C)CC1C. The third kappa shape index (κ3) is 4.37. The molecule has 0 bridgehead atoms. The van der Waals surface area contributed by atoms with Crippen molar-refractivity contribution in [2.45, 2.75) is 25.9 Å². The molecule has 1 rings (SSSR count). The Morgan fingerprint density at radius 1 is 1.44 bits per heavy atom. The van der Waals surface area contributed by atoms with E-state index in [1.165, 1.54) is 19.6 Å². The minimum absolute atomic E-state index is 0.459. The fraction of sp³-hybridized carbons (Fsp3) is 1.00. The van der Waals surface area contributed by atoms with E-state index in [4.69, 9.17) is 4.74 Å². The lowest BCUT2D eigenvalue weighted by Crippen LogP contribution is -2.55. The number of hydrogen-bond donors (Lipinski definition) is 1. The Morgan fingerprint density at radius 3 is 2.75 bits per heavy atom. The molecule has 0 saturated carbocycles. The summed E-state index contributed by atoms with van der Waals surface area (Å²) < 4.78 is 5.25. The van der Waals surface area contributed by atoms with Crippen LogP contribution in [0.5, 0.6) is 0 Å². The first-order chi connectivity index (χ1) is 7.67. The summed E-state index contributed by atoms with van der Waals surface area (Å²) >= 11 is 0. The van der Waals surface area contributed by atoms with Gasteiger partial charge in [-0.15, -0.1) is 0 Å². The highest BCUT2D eigenvalue weighted by molar-refractivity contribution is 4.81. The summed E-state index contributed by atoms with van der Waals surface area (Å²) in [4.78, 5) is 4.96. The van der Waals surface area contributed by atoms with Crippen molar-refractivity contribution in [3.63, 3.8) is 0 Å². The van der Waals surface area contributed by atoms with Crippen LogP contribution in [0.3, 0.4) is 0 Å². The highest BCUT2D eigenvalue weighted by Gasteiger charge is 2.23. The molecule has 1 N–H and O–H groups in total. The lowest BCUT2D eigenvalue weighted by Gasteiger charge is -2.39. The smallest absolute Gasteiger partial charge is 0.0628 e. The molecule has 4 heteroatoms. The minimum atomic E-state index is 0.459. The molecule has 0 aromatic rings. The zero-order valence-corrected chi connectivity index (χ0v) is 11.2. The normalized spacial score (nSPS) is 25.9. The van der Waals surface area contributed by atoms with Gasteiger partial charge in [-0.05, 0) is 20.5 Å². The first kappa shape index (κ1) is 13.9. The second-order valence-electron chi connectivity index (χ2n) is 4.82. The van der Waals surface area contributed by atoms with Crippen LogP contribution in [0.15, 0.2) is 0 Å². The molecule has 1 heterocycles. The van der Waals surface area contributed by atoms with Gasteiger partial charge in [-0.25, -0.2) is 0 Å². The number of ether oxygens (including phenoxy) is 1. The molecule has 0 radical (unpaired) electrons. The van der Waals surface area contributed by atoms with Crippen LogP contribution in [0, 0.1) is 0 Å². The summed E-state index contributed by atoms with van der Waals surface area (Å²) in [5, 5.41) is 3.48. The molecule has 96 valence electrons. The summed E-state index contributed by atoms with van der Waals surface area (Å²) in [7, 11) is 3.97. The van der Waals surface area contributed by atoms with Crippen molar-refractivity contribution in [2.75, 3.05) is 53.5 Å². The molecule has 1 aliphatic rings. The minimum Gasteiger partial charge on any atom is -0.383 e. The molecule has 1 fully saturated rings. The Balaban J connectivity index is 2.37. The maximum absolute atomic E-state index is 5.25. The number of nitrogens with one attached hydrogen (secondary N) is 1. The first-order valence-electron chi connectivity index (χ1n) is 6.32. The largest absolute Gasteiger partial charge is 0.383 e. The third-order valence-electron chi connectivity index (χ3n) is 3.28. The van der Waals surface area contributed by atoms with Crippen molar-refractivity contribution in [2.24, 2.45) is 0 Å². The molecule has 0 spiro atoms. The molecule has 0 amide bonds. The summed E-state index contributed by atoms with van der Waals surface area (Å²) in [6.07, 6.45) is 0. The van der Waals surface area contributed by atoms with Crippen LogP contribution in [-0.4, -0.2) is 75.4 Å². The van der Waals surface area contributed by atoms with Crippen molar-refractivity contribution < 1.29 is 4.74 Å². The van der Waals surface area contributed by atoms with Crippen molar-refractivity contribution in [1.82, 2.24) is 15.1 Å². The van der Waals surface area contributed by atoms with Crippen LogP contribution in [0.25, 0.3) is 0 Å². The predicted molar refractivity (Wildman–Crippen MR) is 67.9 cm³/mol.